The van der Waals surface area contributed by atoms with E-state index in [9.17, 15) is 8.42 Å². The molecular weight excluding hydrogens is 282 g/mol. The molecule has 1 N–H and O–H groups in total. The summed E-state index contributed by atoms with van der Waals surface area (Å²) in [5.74, 6) is -0.0334. The van der Waals surface area contributed by atoms with Crippen molar-refractivity contribution in [2.75, 3.05) is 0 Å². The Morgan fingerprint density at radius 1 is 1.16 bits per heavy atom. The predicted molar refractivity (Wildman–Crippen MR) is 75.5 cm³/mol. The fraction of sp³-hybridized carbons (Fsp3) is 0.308. The highest BCUT2D eigenvalue weighted by molar-refractivity contribution is 7.89. The minimum absolute atomic E-state index is 0.00468. The van der Waals surface area contributed by atoms with Crippen molar-refractivity contribution in [3.8, 4) is 0 Å². The molecule has 0 unspecified atom stereocenters. The van der Waals surface area contributed by atoms with Crippen molar-refractivity contribution in [1.29, 1.82) is 0 Å². The van der Waals surface area contributed by atoms with E-state index in [-0.39, 0.29) is 18.1 Å². The maximum Gasteiger partial charge on any atom is 0.160 e. The number of sulfone groups is 1. The highest BCUT2D eigenvalue weighted by Crippen LogP contribution is 2.15. The molecule has 0 saturated heterocycles. The monoisotopic (exact) mass is 297 g/mol. The van der Waals surface area contributed by atoms with Crippen LogP contribution >= 0.6 is 11.3 Å². The van der Waals surface area contributed by atoms with E-state index in [4.69, 9.17) is 5.11 Å². The summed E-state index contributed by atoms with van der Waals surface area (Å²) in [6.07, 6.45) is 0. The maximum atomic E-state index is 12.0. The molecule has 0 aliphatic carbocycles. The van der Waals surface area contributed by atoms with Crippen LogP contribution in [0.5, 0.6) is 0 Å². The molecule has 0 radical (unpaired) electrons. The number of benzene rings is 1. The third-order valence-corrected chi connectivity index (χ3v) is 4.96. The molecule has 0 fully saturated rings. The van der Waals surface area contributed by atoms with E-state index in [1.165, 1.54) is 11.3 Å². The van der Waals surface area contributed by atoms with Crippen molar-refractivity contribution in [2.24, 2.45) is 0 Å². The second-order valence-electron chi connectivity index (χ2n) is 4.36. The fourth-order valence-electron chi connectivity index (χ4n) is 1.75. The van der Waals surface area contributed by atoms with Crippen LogP contribution in [0.4, 0.5) is 0 Å². The summed E-state index contributed by atoms with van der Waals surface area (Å²) in [6.45, 7) is 1.82. The highest BCUT2D eigenvalue weighted by Gasteiger charge is 2.15. The first kappa shape index (κ1) is 14.2. The minimum atomic E-state index is -3.21. The van der Waals surface area contributed by atoms with Crippen molar-refractivity contribution >= 4 is 21.2 Å². The summed E-state index contributed by atoms with van der Waals surface area (Å²) in [5, 5.41) is 11.6. The number of nitrogens with zero attached hydrogens (tertiary/aromatic N) is 1. The van der Waals surface area contributed by atoms with Gasteiger partial charge in [-0.1, -0.05) is 24.3 Å². The van der Waals surface area contributed by atoms with Crippen LogP contribution in [-0.2, 0) is 27.9 Å². The van der Waals surface area contributed by atoms with E-state index in [0.717, 1.165) is 16.1 Å². The number of thiazole rings is 1. The van der Waals surface area contributed by atoms with Gasteiger partial charge in [-0.05, 0) is 18.1 Å². The molecule has 0 atom stereocenters. The van der Waals surface area contributed by atoms with Crippen LogP contribution in [0.1, 0.15) is 21.8 Å². The zero-order chi connectivity index (χ0) is 13.9. The van der Waals surface area contributed by atoms with E-state index in [1.807, 2.05) is 6.92 Å². The lowest BCUT2D eigenvalue weighted by atomic mass is 10.2. The fourth-order valence-corrected chi connectivity index (χ4v) is 3.86. The molecule has 0 bridgehead atoms. The third kappa shape index (κ3) is 4.12. The molecule has 1 aromatic carbocycles. The molecule has 19 heavy (non-hydrogen) atoms. The molecule has 0 aliphatic heterocycles. The zero-order valence-corrected chi connectivity index (χ0v) is 12.2. The van der Waals surface area contributed by atoms with Gasteiger partial charge >= 0.3 is 0 Å². The number of rotatable bonds is 5. The van der Waals surface area contributed by atoms with E-state index in [0.29, 0.717) is 5.69 Å². The number of aromatic nitrogens is 1. The van der Waals surface area contributed by atoms with Crippen LogP contribution in [0.25, 0.3) is 0 Å². The van der Waals surface area contributed by atoms with Gasteiger partial charge < -0.3 is 5.11 Å². The number of hydrogen-bond acceptors (Lipinski definition) is 5. The molecule has 0 saturated carbocycles. The van der Waals surface area contributed by atoms with E-state index < -0.39 is 9.84 Å². The zero-order valence-electron chi connectivity index (χ0n) is 10.5. The van der Waals surface area contributed by atoms with E-state index >= 15 is 0 Å². The van der Waals surface area contributed by atoms with Gasteiger partial charge in [-0.2, -0.15) is 0 Å². The topological polar surface area (TPSA) is 67.3 Å². The first-order chi connectivity index (χ1) is 8.98. The van der Waals surface area contributed by atoms with Crippen molar-refractivity contribution in [1.82, 2.24) is 4.98 Å². The summed E-state index contributed by atoms with van der Waals surface area (Å²) >= 11 is 1.45. The van der Waals surface area contributed by atoms with Gasteiger partial charge in [0.25, 0.3) is 0 Å². The Morgan fingerprint density at radius 2 is 1.79 bits per heavy atom. The van der Waals surface area contributed by atoms with Crippen molar-refractivity contribution < 1.29 is 13.5 Å². The van der Waals surface area contributed by atoms with E-state index in [2.05, 4.69) is 4.98 Å². The predicted octanol–water partition coefficient (Wildman–Crippen LogP) is 2.06. The van der Waals surface area contributed by atoms with Gasteiger partial charge in [0.15, 0.2) is 9.84 Å². The summed E-state index contributed by atoms with van der Waals surface area (Å²) in [5.41, 5.74) is 2.11. The number of aliphatic hydroxyl groups excluding tert-OH is 1. The van der Waals surface area contributed by atoms with Crippen LogP contribution < -0.4 is 0 Å². The Morgan fingerprint density at radius 3 is 2.32 bits per heavy atom. The maximum absolute atomic E-state index is 12.0. The lowest BCUT2D eigenvalue weighted by Gasteiger charge is -2.04. The van der Waals surface area contributed by atoms with Gasteiger partial charge in [-0.25, -0.2) is 13.4 Å². The average Bonchev–Trinajstić information content (AvgIpc) is 2.74. The smallest absolute Gasteiger partial charge is 0.160 e. The molecule has 6 heteroatoms. The molecule has 0 spiro atoms. The van der Waals surface area contributed by atoms with Gasteiger partial charge in [-0.15, -0.1) is 11.3 Å². The largest absolute Gasteiger partial charge is 0.392 e. The first-order valence-corrected chi connectivity index (χ1v) is 8.49. The third-order valence-electron chi connectivity index (χ3n) is 2.63. The minimum Gasteiger partial charge on any atom is -0.392 e. The molecule has 1 aromatic heterocycles. The molecule has 4 nitrogen and oxygen atoms in total. The van der Waals surface area contributed by atoms with Crippen molar-refractivity contribution in [3.63, 3.8) is 0 Å². The highest BCUT2D eigenvalue weighted by atomic mass is 32.2. The van der Waals surface area contributed by atoms with Gasteiger partial charge in [-0.3, -0.25) is 0 Å². The second kappa shape index (κ2) is 5.81. The molecule has 2 aromatic rings. The van der Waals surface area contributed by atoms with Crippen LogP contribution in [-0.4, -0.2) is 18.5 Å². The van der Waals surface area contributed by atoms with Crippen LogP contribution in [0.2, 0.25) is 0 Å². The summed E-state index contributed by atoms with van der Waals surface area (Å²) in [4.78, 5) is 4.17. The average molecular weight is 297 g/mol. The van der Waals surface area contributed by atoms with E-state index in [1.54, 1.807) is 29.6 Å². The van der Waals surface area contributed by atoms with Crippen molar-refractivity contribution in [3.05, 3.63) is 51.5 Å². The SMILES string of the molecule is Cc1nc(CS(=O)(=O)Cc2ccc(CO)cc2)cs1. The van der Waals surface area contributed by atoms with Crippen LogP contribution in [0.3, 0.4) is 0 Å². The summed E-state index contributed by atoms with van der Waals surface area (Å²) in [7, 11) is -3.21. The molecule has 102 valence electrons. The molecule has 0 aliphatic rings. The molecule has 1 heterocycles. The second-order valence-corrected chi connectivity index (χ2v) is 7.49. The van der Waals surface area contributed by atoms with Gasteiger partial charge in [0.2, 0.25) is 0 Å². The summed E-state index contributed by atoms with van der Waals surface area (Å²) in [6, 6.07) is 6.93. The molecule has 2 rings (SSSR count). The Balaban J connectivity index is 2.07. The van der Waals surface area contributed by atoms with Crippen LogP contribution in [0, 0.1) is 6.92 Å². The van der Waals surface area contributed by atoms with Gasteiger partial charge in [0.05, 0.1) is 28.8 Å². The lowest BCUT2D eigenvalue weighted by molar-refractivity contribution is 0.282. The van der Waals surface area contributed by atoms with Gasteiger partial charge in [0, 0.05) is 5.38 Å². The Hall–Kier alpha value is -1.24. The standard InChI is InChI=1S/C13H15NO3S2/c1-10-14-13(7-18-10)9-19(16,17)8-12-4-2-11(6-15)3-5-12/h2-5,7,15H,6,8-9H2,1H3. The normalized spacial score (nSPS) is 11.7. The molecular formula is C13H15NO3S2. The number of hydrogen-bond donors (Lipinski definition) is 1. The van der Waals surface area contributed by atoms with Crippen molar-refractivity contribution in [2.45, 2.75) is 25.0 Å². The molecule has 0 amide bonds. The first-order valence-electron chi connectivity index (χ1n) is 5.78. The lowest BCUT2D eigenvalue weighted by Crippen LogP contribution is -2.08. The number of aryl methyl sites for hydroxylation is 1. The summed E-state index contributed by atoms with van der Waals surface area (Å²) < 4.78 is 24.1. The number of aliphatic hydroxyl groups is 1. The van der Waals surface area contributed by atoms with Crippen LogP contribution in [0.15, 0.2) is 29.6 Å². The quantitative estimate of drug-likeness (QED) is 0.917. The Kier molecular flexibility index (Phi) is 4.34. The van der Waals surface area contributed by atoms with Gasteiger partial charge in [0.1, 0.15) is 0 Å². The Bertz CT molecular complexity index is 645. The Labute approximate surface area is 116 Å².